The molecule has 1 saturated carbocycles. The number of halogens is 3. The topological polar surface area (TPSA) is 49.6 Å². The van der Waals surface area contributed by atoms with E-state index in [-0.39, 0.29) is 17.9 Å². The molecule has 1 aliphatic heterocycles. The Morgan fingerprint density at radius 3 is 2.48 bits per heavy atom. The highest BCUT2D eigenvalue weighted by Crippen LogP contribution is 2.30. The average molecular weight is 355 g/mol. The van der Waals surface area contributed by atoms with Gasteiger partial charge >= 0.3 is 6.18 Å². The first-order chi connectivity index (χ1) is 11.8. The third kappa shape index (κ3) is 4.52. The van der Waals surface area contributed by atoms with Crippen molar-refractivity contribution in [2.45, 2.75) is 38.0 Å². The molecule has 2 fully saturated rings. The number of amides is 1. The van der Waals surface area contributed by atoms with Gasteiger partial charge in [0.2, 0.25) is 5.91 Å². The van der Waals surface area contributed by atoms with Crippen LogP contribution in [-0.2, 0) is 17.5 Å². The van der Waals surface area contributed by atoms with Crippen LogP contribution in [0.5, 0.6) is 0 Å². The number of rotatable bonds is 3. The molecule has 7 heteroatoms. The lowest BCUT2D eigenvalue weighted by Gasteiger charge is -2.36. The number of carbonyl (C=O) groups is 1. The highest BCUT2D eigenvalue weighted by atomic mass is 19.4. The summed E-state index contributed by atoms with van der Waals surface area (Å²) in [6.45, 7) is 3.09. The van der Waals surface area contributed by atoms with Crippen molar-refractivity contribution in [2.75, 3.05) is 26.2 Å². The maximum absolute atomic E-state index is 12.8. The molecule has 1 aromatic carbocycles. The lowest BCUT2D eigenvalue weighted by molar-refractivity contribution is -0.138. The SMILES string of the molecule is N[C@@H]1CC[C@H](C(=O)N2CCN(Cc3cccc(C(F)(F)F)c3)CC2)C1. The molecule has 0 aromatic heterocycles. The number of nitrogens with two attached hydrogens (primary N) is 1. The molecule has 0 radical (unpaired) electrons. The predicted octanol–water partition coefficient (Wildman–Crippen LogP) is 2.48. The molecule has 2 aliphatic rings. The van der Waals surface area contributed by atoms with E-state index in [9.17, 15) is 18.0 Å². The second-order valence-corrected chi connectivity index (χ2v) is 7.07. The number of alkyl halides is 3. The molecule has 3 rings (SSSR count). The molecular formula is C18H24F3N3O. The smallest absolute Gasteiger partial charge is 0.340 e. The Morgan fingerprint density at radius 2 is 1.88 bits per heavy atom. The zero-order chi connectivity index (χ0) is 18.0. The van der Waals surface area contributed by atoms with Crippen molar-refractivity contribution < 1.29 is 18.0 Å². The van der Waals surface area contributed by atoms with E-state index >= 15 is 0 Å². The van der Waals surface area contributed by atoms with Gasteiger partial charge in [-0.05, 0) is 30.9 Å². The molecule has 1 aliphatic carbocycles. The van der Waals surface area contributed by atoms with Gasteiger partial charge in [0.15, 0.2) is 0 Å². The van der Waals surface area contributed by atoms with Crippen molar-refractivity contribution in [1.82, 2.24) is 9.80 Å². The first-order valence-corrected chi connectivity index (χ1v) is 8.76. The highest BCUT2D eigenvalue weighted by molar-refractivity contribution is 5.79. The van der Waals surface area contributed by atoms with E-state index in [1.807, 2.05) is 4.90 Å². The van der Waals surface area contributed by atoms with Gasteiger partial charge in [-0.15, -0.1) is 0 Å². The van der Waals surface area contributed by atoms with Crippen LogP contribution in [0.1, 0.15) is 30.4 Å². The third-order valence-corrected chi connectivity index (χ3v) is 5.17. The zero-order valence-electron chi connectivity index (χ0n) is 14.1. The van der Waals surface area contributed by atoms with Gasteiger partial charge in [-0.1, -0.05) is 18.2 Å². The summed E-state index contributed by atoms with van der Waals surface area (Å²) >= 11 is 0. The summed E-state index contributed by atoms with van der Waals surface area (Å²) in [5.74, 6) is 0.233. The predicted molar refractivity (Wildman–Crippen MR) is 88.6 cm³/mol. The zero-order valence-corrected chi connectivity index (χ0v) is 14.1. The van der Waals surface area contributed by atoms with Crippen molar-refractivity contribution in [1.29, 1.82) is 0 Å². The Morgan fingerprint density at radius 1 is 1.16 bits per heavy atom. The van der Waals surface area contributed by atoms with Gasteiger partial charge < -0.3 is 10.6 Å². The molecule has 1 aromatic rings. The monoisotopic (exact) mass is 355 g/mol. The number of nitrogens with zero attached hydrogens (tertiary/aromatic N) is 2. The summed E-state index contributed by atoms with van der Waals surface area (Å²) in [7, 11) is 0. The third-order valence-electron chi connectivity index (χ3n) is 5.17. The van der Waals surface area contributed by atoms with E-state index in [0.29, 0.717) is 38.3 Å². The van der Waals surface area contributed by atoms with E-state index in [1.54, 1.807) is 6.07 Å². The lowest BCUT2D eigenvalue weighted by atomic mass is 10.1. The molecular weight excluding hydrogens is 331 g/mol. The number of hydrogen-bond donors (Lipinski definition) is 1. The molecule has 0 spiro atoms. The summed E-state index contributed by atoms with van der Waals surface area (Å²) in [4.78, 5) is 16.5. The first kappa shape index (κ1) is 18.2. The van der Waals surface area contributed by atoms with E-state index in [4.69, 9.17) is 5.73 Å². The van der Waals surface area contributed by atoms with Gasteiger partial charge in [0.05, 0.1) is 5.56 Å². The Hall–Kier alpha value is -1.60. The average Bonchev–Trinajstić information content (AvgIpc) is 3.01. The van der Waals surface area contributed by atoms with Crippen LogP contribution in [0.25, 0.3) is 0 Å². The van der Waals surface area contributed by atoms with Crippen molar-refractivity contribution in [3.05, 3.63) is 35.4 Å². The molecule has 1 amide bonds. The Balaban J connectivity index is 1.52. The van der Waals surface area contributed by atoms with Gasteiger partial charge in [-0.25, -0.2) is 0 Å². The first-order valence-electron chi connectivity index (χ1n) is 8.76. The van der Waals surface area contributed by atoms with Gasteiger partial charge in [0.25, 0.3) is 0 Å². The summed E-state index contributed by atoms with van der Waals surface area (Å²) < 4.78 is 38.4. The minimum atomic E-state index is -4.32. The van der Waals surface area contributed by atoms with Crippen LogP contribution in [0, 0.1) is 5.92 Å². The summed E-state index contributed by atoms with van der Waals surface area (Å²) in [6, 6.07) is 5.59. The number of piperazine rings is 1. The van der Waals surface area contributed by atoms with Crippen LogP contribution < -0.4 is 5.73 Å². The van der Waals surface area contributed by atoms with E-state index in [1.165, 1.54) is 12.1 Å². The number of hydrogen-bond acceptors (Lipinski definition) is 3. The lowest BCUT2D eigenvalue weighted by Crippen LogP contribution is -2.49. The molecule has 2 N–H and O–H groups in total. The van der Waals surface area contributed by atoms with E-state index < -0.39 is 11.7 Å². The molecule has 2 atom stereocenters. The maximum Gasteiger partial charge on any atom is 0.416 e. The van der Waals surface area contributed by atoms with Crippen LogP contribution in [0.4, 0.5) is 13.2 Å². The Kier molecular flexibility index (Phi) is 5.34. The van der Waals surface area contributed by atoms with E-state index in [0.717, 1.165) is 25.3 Å². The minimum absolute atomic E-state index is 0.0463. The molecule has 0 bridgehead atoms. The molecule has 4 nitrogen and oxygen atoms in total. The van der Waals surface area contributed by atoms with Crippen molar-refractivity contribution in [3.63, 3.8) is 0 Å². The normalized spacial score (nSPS) is 25.4. The second-order valence-electron chi connectivity index (χ2n) is 7.07. The largest absolute Gasteiger partial charge is 0.416 e. The van der Waals surface area contributed by atoms with Crippen molar-refractivity contribution in [3.8, 4) is 0 Å². The maximum atomic E-state index is 12.8. The Bertz CT molecular complexity index is 612. The van der Waals surface area contributed by atoms with Gasteiger partial charge in [-0.3, -0.25) is 9.69 Å². The second kappa shape index (κ2) is 7.33. The fourth-order valence-corrected chi connectivity index (χ4v) is 3.73. The minimum Gasteiger partial charge on any atom is -0.340 e. The van der Waals surface area contributed by atoms with Gasteiger partial charge in [0.1, 0.15) is 0 Å². The molecule has 1 heterocycles. The highest BCUT2D eigenvalue weighted by Gasteiger charge is 2.33. The van der Waals surface area contributed by atoms with E-state index in [2.05, 4.69) is 4.90 Å². The summed E-state index contributed by atoms with van der Waals surface area (Å²) in [5.41, 5.74) is 5.92. The summed E-state index contributed by atoms with van der Waals surface area (Å²) in [5, 5.41) is 0. The standard InChI is InChI=1S/C18H24F3N3O/c19-18(20,21)15-3-1-2-13(10-15)12-23-6-8-24(9-7-23)17(25)14-4-5-16(22)11-14/h1-3,10,14,16H,4-9,11-12,22H2/t14-,16+/m0/s1. The van der Waals surface area contributed by atoms with Crippen LogP contribution >= 0.6 is 0 Å². The molecule has 1 saturated heterocycles. The summed E-state index contributed by atoms with van der Waals surface area (Å²) in [6.07, 6.45) is -1.77. The van der Waals surface area contributed by atoms with Crippen LogP contribution in [-0.4, -0.2) is 47.9 Å². The van der Waals surface area contributed by atoms with Crippen LogP contribution in [0.15, 0.2) is 24.3 Å². The fourth-order valence-electron chi connectivity index (χ4n) is 3.73. The van der Waals surface area contributed by atoms with Crippen molar-refractivity contribution in [2.24, 2.45) is 11.7 Å². The van der Waals surface area contributed by atoms with Gasteiger partial charge in [0, 0.05) is 44.7 Å². The fraction of sp³-hybridized carbons (Fsp3) is 0.611. The van der Waals surface area contributed by atoms with Crippen LogP contribution in [0.3, 0.4) is 0 Å². The van der Waals surface area contributed by atoms with Crippen molar-refractivity contribution >= 4 is 5.91 Å². The quantitative estimate of drug-likeness (QED) is 0.906. The van der Waals surface area contributed by atoms with Crippen LogP contribution in [0.2, 0.25) is 0 Å². The molecule has 25 heavy (non-hydrogen) atoms. The number of carbonyl (C=O) groups excluding carboxylic acids is 1. The molecule has 138 valence electrons. The molecule has 0 unspecified atom stereocenters. The Labute approximate surface area is 145 Å². The number of benzene rings is 1. The van der Waals surface area contributed by atoms with Gasteiger partial charge in [-0.2, -0.15) is 13.2 Å².